The van der Waals surface area contributed by atoms with E-state index in [9.17, 15) is 9.90 Å². The Kier molecular flexibility index (Phi) is 8.28. The summed E-state index contributed by atoms with van der Waals surface area (Å²) in [6.07, 6.45) is 2.26. The van der Waals surface area contributed by atoms with Gasteiger partial charge in [0.15, 0.2) is 10.8 Å². The molecule has 0 saturated heterocycles. The summed E-state index contributed by atoms with van der Waals surface area (Å²) in [6, 6.07) is 5.09. The number of thiazole rings is 1. The van der Waals surface area contributed by atoms with Gasteiger partial charge in [-0.25, -0.2) is 19.4 Å². The molecule has 0 aliphatic carbocycles. The topological polar surface area (TPSA) is 146 Å². The minimum absolute atomic E-state index is 0.0833. The number of aromatic carboxylic acids is 1. The van der Waals surface area contributed by atoms with Crippen molar-refractivity contribution >= 4 is 17.3 Å². The van der Waals surface area contributed by atoms with E-state index < -0.39 is 5.97 Å². The van der Waals surface area contributed by atoms with Gasteiger partial charge in [0.05, 0.1) is 37.7 Å². The van der Waals surface area contributed by atoms with Crippen molar-refractivity contribution in [2.45, 2.75) is 26.3 Å². The van der Waals surface area contributed by atoms with Crippen LogP contribution in [0, 0.1) is 0 Å². The molecule has 32 heavy (non-hydrogen) atoms. The molecular weight excluding hydrogens is 434 g/mol. The molecule has 10 nitrogen and oxygen atoms in total. The number of carboxylic acids is 1. The second kappa shape index (κ2) is 11.1. The van der Waals surface area contributed by atoms with Gasteiger partial charge in [0.2, 0.25) is 0 Å². The van der Waals surface area contributed by atoms with Crippen LogP contribution < -0.4 is 10.5 Å². The second-order valence-corrected chi connectivity index (χ2v) is 8.24. The number of aromatic nitrogens is 4. The Morgan fingerprint density at radius 2 is 2.19 bits per heavy atom. The van der Waals surface area contributed by atoms with Crippen molar-refractivity contribution in [2.75, 3.05) is 33.0 Å². The maximum absolute atomic E-state index is 11.2. The SMILES string of the molecule is CC(C)n1ncnc1-c1nc2c(s1)CCOc1cc(C(=O)O)ccc1-2.NCCOCCO. The molecule has 0 radical (unpaired) electrons. The zero-order chi connectivity index (χ0) is 23.1. The highest BCUT2D eigenvalue weighted by molar-refractivity contribution is 7.15. The molecule has 1 aromatic carbocycles. The van der Waals surface area contributed by atoms with E-state index in [1.165, 1.54) is 6.33 Å². The lowest BCUT2D eigenvalue weighted by atomic mass is 10.1. The summed E-state index contributed by atoms with van der Waals surface area (Å²) in [4.78, 5) is 21.4. The number of nitrogens with two attached hydrogens (primary N) is 1. The zero-order valence-electron chi connectivity index (χ0n) is 18.0. The molecule has 4 rings (SSSR count). The summed E-state index contributed by atoms with van der Waals surface area (Å²) < 4.78 is 12.4. The van der Waals surface area contributed by atoms with Gasteiger partial charge in [-0.05, 0) is 32.0 Å². The fraction of sp³-hybridized carbons (Fsp3) is 0.429. The van der Waals surface area contributed by atoms with Gasteiger partial charge in [0.25, 0.3) is 0 Å². The van der Waals surface area contributed by atoms with Crippen molar-refractivity contribution < 1.29 is 24.5 Å². The molecule has 1 aliphatic heterocycles. The van der Waals surface area contributed by atoms with Crippen LogP contribution >= 0.6 is 11.3 Å². The Morgan fingerprint density at radius 1 is 1.38 bits per heavy atom. The van der Waals surface area contributed by atoms with Gasteiger partial charge in [0, 0.05) is 29.4 Å². The van der Waals surface area contributed by atoms with Gasteiger partial charge in [-0.3, -0.25) is 0 Å². The summed E-state index contributed by atoms with van der Waals surface area (Å²) in [7, 11) is 0. The average molecular weight is 462 g/mol. The number of fused-ring (bicyclic) bond motifs is 3. The highest BCUT2D eigenvalue weighted by atomic mass is 32.1. The number of carbonyl (C=O) groups is 1. The molecule has 1 aliphatic rings. The summed E-state index contributed by atoms with van der Waals surface area (Å²) >= 11 is 1.58. The second-order valence-electron chi connectivity index (χ2n) is 7.15. The summed E-state index contributed by atoms with van der Waals surface area (Å²) in [6.45, 7) is 6.14. The lowest BCUT2D eigenvalue weighted by Crippen LogP contribution is -2.10. The van der Waals surface area contributed by atoms with Crippen molar-refractivity contribution in [3.05, 3.63) is 35.0 Å². The molecule has 0 atom stereocenters. The first-order chi connectivity index (χ1) is 15.5. The number of benzene rings is 1. The van der Waals surface area contributed by atoms with E-state index in [1.54, 1.807) is 29.5 Å². The van der Waals surface area contributed by atoms with Crippen LogP contribution in [0.15, 0.2) is 24.5 Å². The zero-order valence-corrected chi connectivity index (χ0v) is 18.8. The van der Waals surface area contributed by atoms with Crippen LogP contribution in [0.2, 0.25) is 0 Å². The normalized spacial score (nSPS) is 12.3. The Hall–Kier alpha value is -2.86. The quantitative estimate of drug-likeness (QED) is 0.451. The first kappa shape index (κ1) is 23.8. The third-order valence-electron chi connectivity index (χ3n) is 4.52. The molecule has 3 heterocycles. The molecule has 0 amide bonds. The minimum Gasteiger partial charge on any atom is -0.492 e. The van der Waals surface area contributed by atoms with Crippen LogP contribution in [-0.2, 0) is 11.2 Å². The number of nitrogens with zero attached hydrogens (tertiary/aromatic N) is 4. The summed E-state index contributed by atoms with van der Waals surface area (Å²) in [5, 5.41) is 22.4. The summed E-state index contributed by atoms with van der Waals surface area (Å²) in [5.74, 6) is 0.332. The number of carboxylic acid groups (broad SMARTS) is 1. The van der Waals surface area contributed by atoms with Crippen molar-refractivity contribution in [1.82, 2.24) is 19.7 Å². The van der Waals surface area contributed by atoms with E-state index in [-0.39, 0.29) is 18.2 Å². The fourth-order valence-corrected chi connectivity index (χ4v) is 4.13. The molecule has 172 valence electrons. The Labute approximate surface area is 189 Å². The van der Waals surface area contributed by atoms with Crippen LogP contribution in [0.3, 0.4) is 0 Å². The maximum Gasteiger partial charge on any atom is 0.335 e. The highest BCUT2D eigenvalue weighted by Gasteiger charge is 2.24. The van der Waals surface area contributed by atoms with E-state index in [4.69, 9.17) is 25.3 Å². The van der Waals surface area contributed by atoms with Crippen molar-refractivity contribution in [1.29, 1.82) is 0 Å². The van der Waals surface area contributed by atoms with Crippen molar-refractivity contribution in [3.63, 3.8) is 0 Å². The predicted octanol–water partition coefficient (Wildman–Crippen LogP) is 2.24. The molecule has 0 fully saturated rings. The molecule has 0 spiro atoms. The van der Waals surface area contributed by atoms with E-state index >= 15 is 0 Å². The van der Waals surface area contributed by atoms with E-state index in [0.29, 0.717) is 32.1 Å². The molecule has 11 heteroatoms. The number of aliphatic hydroxyl groups excluding tert-OH is 1. The number of ether oxygens (including phenoxy) is 2. The highest BCUT2D eigenvalue weighted by Crippen LogP contribution is 2.40. The first-order valence-corrected chi connectivity index (χ1v) is 11.1. The van der Waals surface area contributed by atoms with Gasteiger partial charge in [0.1, 0.15) is 12.1 Å². The fourth-order valence-electron chi connectivity index (χ4n) is 3.08. The van der Waals surface area contributed by atoms with Crippen LogP contribution in [0.4, 0.5) is 0 Å². The Bertz CT molecular complexity index is 1050. The third kappa shape index (κ3) is 5.49. The number of aliphatic hydroxyl groups is 1. The van der Waals surface area contributed by atoms with Crippen molar-refractivity contribution in [3.8, 4) is 27.8 Å². The maximum atomic E-state index is 11.2. The monoisotopic (exact) mass is 461 g/mol. The summed E-state index contributed by atoms with van der Waals surface area (Å²) in [5.41, 5.74) is 6.92. The van der Waals surface area contributed by atoms with E-state index in [1.807, 2.05) is 18.5 Å². The van der Waals surface area contributed by atoms with Crippen LogP contribution in [0.25, 0.3) is 22.1 Å². The van der Waals surface area contributed by atoms with Crippen LogP contribution in [0.5, 0.6) is 5.75 Å². The number of hydrogen-bond acceptors (Lipinski definition) is 9. The van der Waals surface area contributed by atoms with Gasteiger partial charge < -0.3 is 25.4 Å². The third-order valence-corrected chi connectivity index (χ3v) is 5.63. The first-order valence-electron chi connectivity index (χ1n) is 10.2. The average Bonchev–Trinajstić information content (AvgIpc) is 3.39. The molecular formula is C21H27N5O5S. The number of rotatable bonds is 7. The van der Waals surface area contributed by atoms with Crippen molar-refractivity contribution in [2.24, 2.45) is 5.73 Å². The smallest absolute Gasteiger partial charge is 0.335 e. The number of hydrogen-bond donors (Lipinski definition) is 3. The Morgan fingerprint density at radius 3 is 2.88 bits per heavy atom. The van der Waals surface area contributed by atoms with Crippen LogP contribution in [-0.4, -0.2) is 68.9 Å². The minimum atomic E-state index is -0.972. The molecule has 3 aromatic rings. The van der Waals surface area contributed by atoms with Gasteiger partial charge in [-0.1, -0.05) is 0 Å². The molecule has 0 saturated carbocycles. The van der Waals surface area contributed by atoms with Crippen LogP contribution in [0.1, 0.15) is 35.1 Å². The van der Waals surface area contributed by atoms with Gasteiger partial charge >= 0.3 is 5.97 Å². The van der Waals surface area contributed by atoms with E-state index in [2.05, 4.69) is 10.1 Å². The molecule has 0 unspecified atom stereocenters. The molecule has 4 N–H and O–H groups in total. The lowest BCUT2D eigenvalue weighted by molar-refractivity contribution is 0.0696. The largest absolute Gasteiger partial charge is 0.492 e. The van der Waals surface area contributed by atoms with Gasteiger partial charge in [-0.15, -0.1) is 11.3 Å². The molecule has 2 aromatic heterocycles. The predicted molar refractivity (Wildman–Crippen MR) is 120 cm³/mol. The standard InChI is InChI=1S/C17H16N4O3S.C4H11NO2/c1-9(2)21-15(18-8-19-21)16-20-14-11-4-3-10(17(22)23)7-12(11)24-6-5-13(14)25-16;5-1-3-7-4-2-6/h3-4,7-9H,5-6H2,1-2H3,(H,22,23);6H,1-5H2. The lowest BCUT2D eigenvalue weighted by Gasteiger charge is -2.08. The van der Waals surface area contributed by atoms with E-state index in [0.717, 1.165) is 33.4 Å². The van der Waals surface area contributed by atoms with Gasteiger partial charge in [-0.2, -0.15) is 5.10 Å². The molecule has 0 bridgehead atoms. The Balaban J connectivity index is 0.000000360.